The van der Waals surface area contributed by atoms with Crippen LogP contribution in [0.25, 0.3) is 15.2 Å². The summed E-state index contributed by atoms with van der Waals surface area (Å²) in [5.41, 5.74) is -0.579. The summed E-state index contributed by atoms with van der Waals surface area (Å²) in [6.07, 6.45) is 5.69. The lowest BCUT2D eigenvalue weighted by atomic mass is 10.0. The van der Waals surface area contributed by atoms with Crippen molar-refractivity contribution >= 4 is 51.4 Å². The quantitative estimate of drug-likeness (QED) is 0.286. The van der Waals surface area contributed by atoms with Crippen molar-refractivity contribution < 1.29 is 14.6 Å². The Morgan fingerprint density at radius 2 is 1.79 bits per heavy atom. The topological polar surface area (TPSA) is 112 Å². The van der Waals surface area contributed by atoms with E-state index in [0.717, 1.165) is 39.3 Å². The van der Waals surface area contributed by atoms with E-state index in [0.29, 0.717) is 36.3 Å². The van der Waals surface area contributed by atoms with Crippen LogP contribution in [0.3, 0.4) is 0 Å². The molecule has 0 atom stereocenters. The van der Waals surface area contributed by atoms with Crippen molar-refractivity contribution in [2.75, 3.05) is 20.2 Å². The lowest BCUT2D eigenvalue weighted by Crippen LogP contribution is -2.56. The molecule has 0 unspecified atom stereocenters. The van der Waals surface area contributed by atoms with Gasteiger partial charge in [0.1, 0.15) is 21.1 Å². The van der Waals surface area contributed by atoms with Crippen molar-refractivity contribution in [2.24, 2.45) is 0 Å². The average molecular weight is 710 g/mol. The number of amides is 1. The number of aliphatic hydroxyl groups is 1. The van der Waals surface area contributed by atoms with Gasteiger partial charge in [0.15, 0.2) is 0 Å². The van der Waals surface area contributed by atoms with E-state index in [1.165, 1.54) is 11.3 Å². The molecule has 1 aromatic carbocycles. The normalized spacial score (nSPS) is 13.2. The Balaban J connectivity index is 0.000000911. The highest BCUT2D eigenvalue weighted by molar-refractivity contribution is 14.0. The summed E-state index contributed by atoms with van der Waals surface area (Å²) in [5, 5.41) is 13.6. The van der Waals surface area contributed by atoms with Gasteiger partial charge in [-0.3, -0.25) is 14.2 Å². The van der Waals surface area contributed by atoms with Gasteiger partial charge in [0.05, 0.1) is 12.5 Å². The summed E-state index contributed by atoms with van der Waals surface area (Å²) in [7, 11) is 1.62. The molecule has 0 saturated carbocycles. The second-order valence-corrected chi connectivity index (χ2v) is 11.9. The molecule has 4 heterocycles. The summed E-state index contributed by atoms with van der Waals surface area (Å²) in [6.45, 7) is 10.3. The lowest BCUT2D eigenvalue weighted by Gasteiger charge is -2.31. The van der Waals surface area contributed by atoms with Crippen LogP contribution in [-0.2, 0) is 23.3 Å². The number of hydrogen-bond donors (Lipinski definition) is 1. The number of aryl methyl sites for hydroxylation is 3. The minimum atomic E-state index is -1.33. The number of hydrogen-bond acceptors (Lipinski definition) is 7. The summed E-state index contributed by atoms with van der Waals surface area (Å²) in [4.78, 5) is 43.9. The fourth-order valence-electron chi connectivity index (χ4n) is 5.18. The lowest BCUT2D eigenvalue weighted by molar-refractivity contribution is -0.138. The molecule has 1 aliphatic heterocycles. The third kappa shape index (κ3) is 6.65. The van der Waals surface area contributed by atoms with E-state index >= 15 is 0 Å². The molecule has 10 nitrogen and oxygen atoms in total. The van der Waals surface area contributed by atoms with E-state index in [-0.39, 0.29) is 36.0 Å². The number of ether oxygens (including phenoxy) is 1. The molecule has 1 saturated heterocycles. The Morgan fingerprint density at radius 3 is 2.38 bits per heavy atom. The first-order valence-corrected chi connectivity index (χ1v) is 14.7. The Labute approximate surface area is 266 Å². The minimum absolute atomic E-state index is 0. The van der Waals surface area contributed by atoms with Gasteiger partial charge in [0.2, 0.25) is 5.91 Å². The summed E-state index contributed by atoms with van der Waals surface area (Å²) in [6, 6.07) is 9.50. The van der Waals surface area contributed by atoms with Gasteiger partial charge in [-0.2, -0.15) is 5.10 Å². The first-order chi connectivity index (χ1) is 19.5. The number of carbonyl (C=O) groups excluding carboxylic acids is 1. The molecule has 4 aromatic rings. The zero-order valence-corrected chi connectivity index (χ0v) is 28.1. The molecule has 1 amide bonds. The number of thiophene rings is 1. The molecule has 0 aliphatic carbocycles. The summed E-state index contributed by atoms with van der Waals surface area (Å²) >= 11 is 1.36. The standard InChI is InChI=1S/C27H31N5O4S.C3H8O.HI/c1-18-21-22(33)32(27(2,3)25(34)29-14-7-8-15-29)26(35)30(17-12-19-10-5-6-11-20(19)36-4)24(21)37-23(18)31-16-9-13-28-31;1-3(2)4;/h5-6,9-11,13,16H,7-8,12,14-15,17H2,1-4H3;3-4H,1-2H3;1H. The van der Waals surface area contributed by atoms with Gasteiger partial charge < -0.3 is 14.7 Å². The van der Waals surface area contributed by atoms with Gasteiger partial charge in [-0.25, -0.2) is 14.0 Å². The molecule has 228 valence electrons. The number of likely N-dealkylation sites (tertiary alicyclic amines) is 1. The summed E-state index contributed by atoms with van der Waals surface area (Å²) < 4.78 is 10.0. The van der Waals surface area contributed by atoms with Crippen LogP contribution in [0.5, 0.6) is 5.75 Å². The van der Waals surface area contributed by atoms with Gasteiger partial charge in [-0.05, 0) is 71.6 Å². The maximum atomic E-state index is 14.1. The largest absolute Gasteiger partial charge is 0.496 e. The molecule has 1 fully saturated rings. The number of aliphatic hydroxyl groups excluding tert-OH is 1. The van der Waals surface area contributed by atoms with E-state index in [2.05, 4.69) is 5.10 Å². The SMILES string of the molecule is CC(C)O.COc1ccccc1CCn1c(=O)n(C(C)(C)C(=O)N2CCCC2)c(=O)c2c(C)c(-n3cccn3)sc21.I. The van der Waals surface area contributed by atoms with Crippen molar-refractivity contribution in [1.29, 1.82) is 0 Å². The second-order valence-electron chi connectivity index (χ2n) is 11.0. The number of benzene rings is 1. The average Bonchev–Trinajstić information content (AvgIpc) is 3.70. The molecule has 0 bridgehead atoms. The smallest absolute Gasteiger partial charge is 0.333 e. The molecule has 5 rings (SSSR count). The molecule has 12 heteroatoms. The van der Waals surface area contributed by atoms with E-state index in [1.807, 2.05) is 43.5 Å². The Kier molecular flexibility index (Phi) is 11.2. The van der Waals surface area contributed by atoms with E-state index in [9.17, 15) is 14.4 Å². The molecule has 1 N–H and O–H groups in total. The minimum Gasteiger partial charge on any atom is -0.496 e. The predicted molar refractivity (Wildman–Crippen MR) is 177 cm³/mol. The number of aromatic nitrogens is 4. The highest BCUT2D eigenvalue weighted by atomic mass is 127. The van der Waals surface area contributed by atoms with Crippen LogP contribution in [0.2, 0.25) is 0 Å². The van der Waals surface area contributed by atoms with Crippen molar-refractivity contribution in [1.82, 2.24) is 23.8 Å². The van der Waals surface area contributed by atoms with Crippen LogP contribution in [0.1, 0.15) is 51.7 Å². The summed E-state index contributed by atoms with van der Waals surface area (Å²) in [5.74, 6) is 0.532. The van der Waals surface area contributed by atoms with Crippen molar-refractivity contribution in [2.45, 2.75) is 72.1 Å². The number of halogens is 1. The van der Waals surface area contributed by atoms with Gasteiger partial charge in [-0.15, -0.1) is 24.0 Å². The Bertz CT molecular complexity index is 1630. The molecule has 0 spiro atoms. The van der Waals surface area contributed by atoms with E-state index < -0.39 is 16.8 Å². The van der Waals surface area contributed by atoms with Gasteiger partial charge in [-0.1, -0.05) is 29.5 Å². The Morgan fingerprint density at radius 1 is 1.14 bits per heavy atom. The zero-order valence-electron chi connectivity index (χ0n) is 25.0. The van der Waals surface area contributed by atoms with Crippen LogP contribution < -0.4 is 16.0 Å². The van der Waals surface area contributed by atoms with Gasteiger partial charge in [0, 0.05) is 43.7 Å². The highest BCUT2D eigenvalue weighted by Crippen LogP contribution is 2.32. The third-order valence-corrected chi connectivity index (χ3v) is 8.48. The molecule has 0 radical (unpaired) electrons. The van der Waals surface area contributed by atoms with Crippen molar-refractivity contribution in [3.8, 4) is 10.8 Å². The van der Waals surface area contributed by atoms with Crippen LogP contribution in [0.4, 0.5) is 0 Å². The number of fused-ring (bicyclic) bond motifs is 1. The predicted octanol–water partition coefficient (Wildman–Crippen LogP) is 4.33. The molecule has 1 aliphatic rings. The van der Waals surface area contributed by atoms with Crippen LogP contribution in [0.15, 0.2) is 52.3 Å². The van der Waals surface area contributed by atoms with Crippen LogP contribution in [0, 0.1) is 6.92 Å². The molecule has 3 aromatic heterocycles. The third-order valence-electron chi connectivity index (χ3n) is 7.17. The number of nitrogens with zero attached hydrogens (tertiary/aromatic N) is 5. The second kappa shape index (κ2) is 14.0. The number of carbonyl (C=O) groups is 1. The number of rotatable bonds is 7. The van der Waals surface area contributed by atoms with Gasteiger partial charge in [0.25, 0.3) is 5.56 Å². The number of para-hydroxylation sites is 1. The van der Waals surface area contributed by atoms with Crippen molar-refractivity contribution in [3.05, 3.63) is 74.7 Å². The Hall–Kier alpha value is -2.97. The highest BCUT2D eigenvalue weighted by Gasteiger charge is 2.39. The fourth-order valence-corrected chi connectivity index (χ4v) is 6.44. The van der Waals surface area contributed by atoms with Crippen LogP contribution >= 0.6 is 35.3 Å². The van der Waals surface area contributed by atoms with Crippen LogP contribution in [-0.4, -0.2) is 61.1 Å². The fraction of sp³-hybridized carbons (Fsp3) is 0.467. The van der Waals surface area contributed by atoms with E-state index in [1.54, 1.807) is 55.2 Å². The molecule has 42 heavy (non-hydrogen) atoms. The first-order valence-electron chi connectivity index (χ1n) is 13.9. The maximum absolute atomic E-state index is 14.1. The monoisotopic (exact) mass is 709 g/mol. The molecular formula is C30H40IN5O5S. The maximum Gasteiger partial charge on any atom is 0.333 e. The first kappa shape index (κ1) is 33.5. The van der Waals surface area contributed by atoms with E-state index in [4.69, 9.17) is 9.84 Å². The van der Waals surface area contributed by atoms with Crippen molar-refractivity contribution in [3.63, 3.8) is 0 Å². The zero-order chi connectivity index (χ0) is 29.9. The number of methoxy groups -OCH3 is 1. The van der Waals surface area contributed by atoms with Gasteiger partial charge >= 0.3 is 5.69 Å². The molecular weight excluding hydrogens is 669 g/mol.